The summed E-state index contributed by atoms with van der Waals surface area (Å²) in [5.41, 5.74) is 2.87. The summed E-state index contributed by atoms with van der Waals surface area (Å²) in [5.74, 6) is -0.462. The quantitative estimate of drug-likeness (QED) is 0.532. The first-order valence-corrected chi connectivity index (χ1v) is 10.8. The van der Waals surface area contributed by atoms with E-state index in [1.165, 1.54) is 28.1 Å². The second-order valence-electron chi connectivity index (χ2n) is 6.50. The lowest BCUT2D eigenvalue weighted by Gasteiger charge is -2.11. The molecule has 1 fully saturated rings. The van der Waals surface area contributed by atoms with Crippen molar-refractivity contribution in [3.63, 3.8) is 0 Å². The van der Waals surface area contributed by atoms with Gasteiger partial charge in [0.2, 0.25) is 5.91 Å². The Bertz CT molecular complexity index is 967. The second kappa shape index (κ2) is 9.67. The highest BCUT2D eigenvalue weighted by molar-refractivity contribution is 8.15. The summed E-state index contributed by atoms with van der Waals surface area (Å²) in [6, 6.07) is 9.66. The Balaban J connectivity index is 1.71. The molecule has 0 aliphatic carbocycles. The number of carbonyl (C=O) groups is 2. The molecule has 1 unspecified atom stereocenters. The number of rotatable bonds is 7. The number of hydrogen-bond donors (Lipinski definition) is 1. The van der Waals surface area contributed by atoms with Crippen molar-refractivity contribution in [1.29, 1.82) is 0 Å². The Morgan fingerprint density at radius 1 is 1.34 bits per heavy atom. The van der Waals surface area contributed by atoms with E-state index >= 15 is 0 Å². The minimum atomic E-state index is -0.565. The minimum absolute atomic E-state index is 0.0505. The van der Waals surface area contributed by atoms with E-state index in [4.69, 9.17) is 0 Å². The highest BCUT2D eigenvalue weighted by Gasteiger charge is 2.39. The van der Waals surface area contributed by atoms with Crippen molar-refractivity contribution < 1.29 is 9.59 Å². The zero-order valence-electron chi connectivity index (χ0n) is 16.3. The first-order valence-electron chi connectivity index (χ1n) is 9.08. The van der Waals surface area contributed by atoms with Crippen LogP contribution in [0.5, 0.6) is 0 Å². The molecular weight excluding hydrogens is 404 g/mol. The van der Waals surface area contributed by atoms with Gasteiger partial charge in [0.1, 0.15) is 5.25 Å². The lowest BCUT2D eigenvalue weighted by molar-refractivity contribution is -0.128. The Hall–Kier alpha value is -2.71. The Morgan fingerprint density at radius 2 is 2.17 bits per heavy atom. The van der Waals surface area contributed by atoms with E-state index < -0.39 is 5.25 Å². The molecule has 0 radical (unpaired) electrons. The number of anilines is 1. The topological polar surface area (TPSA) is 74.1 Å². The summed E-state index contributed by atoms with van der Waals surface area (Å²) in [4.78, 5) is 30.7. The number of hydrogen-bond acceptors (Lipinski definition) is 6. The second-order valence-corrected chi connectivity index (χ2v) is 8.65. The van der Waals surface area contributed by atoms with E-state index in [9.17, 15) is 9.59 Å². The Morgan fingerprint density at radius 3 is 2.86 bits per heavy atom. The fourth-order valence-corrected chi connectivity index (χ4v) is 4.40. The van der Waals surface area contributed by atoms with Crippen LogP contribution in [0.3, 0.4) is 0 Å². The molecule has 6 nitrogen and oxygen atoms in total. The van der Waals surface area contributed by atoms with Gasteiger partial charge >= 0.3 is 0 Å². The molecule has 0 saturated carbocycles. The Labute approximate surface area is 178 Å². The number of thioether (sulfide) groups is 1. The van der Waals surface area contributed by atoms with Crippen molar-refractivity contribution in [2.75, 3.05) is 11.9 Å². The maximum atomic E-state index is 12.8. The van der Waals surface area contributed by atoms with Gasteiger partial charge < -0.3 is 5.32 Å². The molecule has 1 aromatic carbocycles. The Kier molecular flexibility index (Phi) is 7.00. The summed E-state index contributed by atoms with van der Waals surface area (Å²) in [5, 5.41) is 10.3. The molecule has 1 aliphatic heterocycles. The first-order chi connectivity index (χ1) is 14.0. The fourth-order valence-electron chi connectivity index (χ4n) is 2.74. The largest absolute Gasteiger partial charge is 0.326 e. The molecule has 3 rings (SSSR count). The third-order valence-electron chi connectivity index (χ3n) is 4.14. The average Bonchev–Trinajstić information content (AvgIpc) is 3.29. The van der Waals surface area contributed by atoms with E-state index in [0.29, 0.717) is 11.7 Å². The highest BCUT2D eigenvalue weighted by atomic mass is 32.2. The first kappa shape index (κ1) is 21.0. The minimum Gasteiger partial charge on any atom is -0.326 e. The van der Waals surface area contributed by atoms with Crippen LogP contribution in [-0.4, -0.2) is 40.0 Å². The summed E-state index contributed by atoms with van der Waals surface area (Å²) >= 11 is 2.78. The average molecular weight is 427 g/mol. The summed E-state index contributed by atoms with van der Waals surface area (Å²) < 4.78 is 0. The van der Waals surface area contributed by atoms with Crippen LogP contribution in [0, 0.1) is 13.8 Å². The molecule has 1 atom stereocenters. The summed E-state index contributed by atoms with van der Waals surface area (Å²) in [6.45, 7) is 7.98. The standard InChI is InChI=1S/C21H22N4O2S2/c1-4-9-22-21-25(23-13-16-6-5-10-28-16)20(27)18(29-21)12-19(26)24-17-8-7-14(2)11-15(17)3/h4-8,10-11,13,18H,1,9,12H2,2-3H3,(H,24,26)/b22-21?,23-13+. The van der Waals surface area contributed by atoms with Gasteiger partial charge in [0.05, 0.1) is 12.8 Å². The number of benzene rings is 1. The number of nitrogens with one attached hydrogen (secondary N) is 1. The van der Waals surface area contributed by atoms with E-state index in [-0.39, 0.29) is 18.2 Å². The number of nitrogens with zero attached hydrogens (tertiary/aromatic N) is 3. The van der Waals surface area contributed by atoms with Crippen LogP contribution in [0.4, 0.5) is 5.69 Å². The van der Waals surface area contributed by atoms with Crippen LogP contribution in [0.25, 0.3) is 0 Å². The van der Waals surface area contributed by atoms with E-state index in [2.05, 4.69) is 22.0 Å². The van der Waals surface area contributed by atoms with Crippen molar-refractivity contribution in [3.8, 4) is 0 Å². The van der Waals surface area contributed by atoms with Crippen LogP contribution in [0.2, 0.25) is 0 Å². The summed E-state index contributed by atoms with van der Waals surface area (Å²) in [7, 11) is 0. The number of hydrazone groups is 1. The van der Waals surface area contributed by atoms with Gasteiger partial charge in [0.25, 0.3) is 5.91 Å². The normalized spacial score (nSPS) is 18.0. The number of thiophene rings is 1. The third kappa shape index (κ3) is 5.42. The van der Waals surface area contributed by atoms with Gasteiger partial charge in [0, 0.05) is 17.0 Å². The molecular formula is C21H22N4O2S2. The number of carbonyl (C=O) groups excluding carboxylic acids is 2. The van der Waals surface area contributed by atoms with Crippen molar-refractivity contribution in [3.05, 3.63) is 64.4 Å². The predicted octanol–water partition coefficient (Wildman–Crippen LogP) is 4.21. The lowest BCUT2D eigenvalue weighted by atomic mass is 10.1. The van der Waals surface area contributed by atoms with E-state index in [1.807, 2.05) is 49.6 Å². The monoisotopic (exact) mass is 426 g/mol. The van der Waals surface area contributed by atoms with Crippen LogP contribution < -0.4 is 5.32 Å². The van der Waals surface area contributed by atoms with Gasteiger partial charge in [0.15, 0.2) is 5.17 Å². The van der Waals surface area contributed by atoms with Gasteiger partial charge in [-0.15, -0.1) is 17.9 Å². The predicted molar refractivity (Wildman–Crippen MR) is 122 cm³/mol. The number of aryl methyl sites for hydroxylation is 2. The molecule has 150 valence electrons. The van der Waals surface area contributed by atoms with Gasteiger partial charge in [-0.3, -0.25) is 14.6 Å². The van der Waals surface area contributed by atoms with Crippen LogP contribution in [0.1, 0.15) is 22.4 Å². The molecule has 8 heteroatoms. The molecule has 2 heterocycles. The smallest absolute Gasteiger partial charge is 0.263 e. The zero-order chi connectivity index (χ0) is 20.8. The van der Waals surface area contributed by atoms with Gasteiger partial charge in [-0.25, -0.2) is 0 Å². The molecule has 29 heavy (non-hydrogen) atoms. The van der Waals surface area contributed by atoms with Crippen LogP contribution in [-0.2, 0) is 9.59 Å². The molecule has 0 bridgehead atoms. The highest BCUT2D eigenvalue weighted by Crippen LogP contribution is 2.30. The zero-order valence-corrected chi connectivity index (χ0v) is 17.9. The maximum Gasteiger partial charge on any atom is 0.263 e. The molecule has 1 N–H and O–H groups in total. The number of amidine groups is 1. The van der Waals surface area contributed by atoms with Crippen molar-refractivity contribution in [2.24, 2.45) is 10.1 Å². The van der Waals surface area contributed by atoms with Crippen molar-refractivity contribution in [1.82, 2.24) is 5.01 Å². The van der Waals surface area contributed by atoms with Gasteiger partial charge in [-0.05, 0) is 36.9 Å². The van der Waals surface area contributed by atoms with Crippen molar-refractivity contribution >= 4 is 52.0 Å². The molecule has 2 aromatic rings. The molecule has 1 aromatic heterocycles. The lowest BCUT2D eigenvalue weighted by Crippen LogP contribution is -2.30. The molecule has 1 saturated heterocycles. The van der Waals surface area contributed by atoms with Crippen molar-refractivity contribution in [2.45, 2.75) is 25.5 Å². The van der Waals surface area contributed by atoms with Gasteiger partial charge in [-0.1, -0.05) is 41.6 Å². The molecule has 1 aliphatic rings. The van der Waals surface area contributed by atoms with Crippen LogP contribution in [0.15, 0.2) is 58.5 Å². The van der Waals surface area contributed by atoms with E-state index in [0.717, 1.165) is 21.7 Å². The van der Waals surface area contributed by atoms with E-state index in [1.54, 1.807) is 12.3 Å². The fraction of sp³-hybridized carbons (Fsp3) is 0.238. The molecule has 2 amide bonds. The molecule has 0 spiro atoms. The summed E-state index contributed by atoms with van der Waals surface area (Å²) in [6.07, 6.45) is 3.33. The third-order valence-corrected chi connectivity index (χ3v) is 6.11. The number of aliphatic imine (C=N–C) groups is 1. The van der Waals surface area contributed by atoms with Gasteiger partial charge in [-0.2, -0.15) is 10.1 Å². The number of amides is 2. The maximum absolute atomic E-state index is 12.8. The SMILES string of the molecule is C=CCN=C1SC(CC(=O)Nc2ccc(C)cc2C)C(=O)N1/N=C/c1cccs1. The van der Waals surface area contributed by atoms with Crippen LogP contribution >= 0.6 is 23.1 Å².